The van der Waals surface area contributed by atoms with Crippen LogP contribution in [0.3, 0.4) is 0 Å². The van der Waals surface area contributed by atoms with Crippen LogP contribution in [0.25, 0.3) is 44.2 Å². The lowest BCUT2D eigenvalue weighted by molar-refractivity contribution is -0.137. The Labute approximate surface area is 326 Å². The highest BCUT2D eigenvalue weighted by Crippen LogP contribution is 2.44. The van der Waals surface area contributed by atoms with Gasteiger partial charge in [0.05, 0.1) is 42.1 Å². The third-order valence-corrected chi connectivity index (χ3v) is 11.4. The van der Waals surface area contributed by atoms with Gasteiger partial charge in [0.2, 0.25) is 5.91 Å². The van der Waals surface area contributed by atoms with E-state index in [9.17, 15) is 14.4 Å². The molecule has 5 aromatic rings. The molecule has 5 atom stereocenters. The first kappa shape index (κ1) is 37.3. The van der Waals surface area contributed by atoms with Crippen molar-refractivity contribution in [3.05, 3.63) is 65.9 Å². The zero-order valence-electron chi connectivity index (χ0n) is 33.4. The Bertz CT molecular complexity index is 2340. The predicted octanol–water partition coefficient (Wildman–Crippen LogP) is 8.42. The van der Waals surface area contributed by atoms with Crippen LogP contribution in [0.1, 0.15) is 97.0 Å². The molecule has 2 fully saturated rings. The van der Waals surface area contributed by atoms with E-state index in [2.05, 4.69) is 64.7 Å². The Balaban J connectivity index is 1.05. The number of aromatic amines is 2. The maximum atomic E-state index is 13.8. The zero-order valence-corrected chi connectivity index (χ0v) is 33.4. The molecule has 56 heavy (non-hydrogen) atoms. The van der Waals surface area contributed by atoms with E-state index in [1.165, 1.54) is 7.11 Å². The van der Waals surface area contributed by atoms with Gasteiger partial charge in [0.15, 0.2) is 0 Å². The molecule has 3 aliphatic heterocycles. The molecular formula is C43H51N7O6. The number of aromatic nitrogens is 4. The molecule has 5 heterocycles. The lowest BCUT2D eigenvalue weighted by Crippen LogP contribution is -2.52. The Hall–Kier alpha value is -5.59. The zero-order chi connectivity index (χ0) is 39.6. The van der Waals surface area contributed by atoms with Gasteiger partial charge in [0.1, 0.15) is 35.6 Å². The minimum atomic E-state index is -0.707. The SMILES string of the molecule is COC(=O)N[C@H](C(=O)N1C(c2ncc(-c3ccc4c(c3)COc3cc5c(ccc6[nH]c([C@@H]7C[C@H](C)CN7C(=O)OC(C)(C)C)nc65)cc3-4)[nH]2)CC[C@@H]1C)C(C)C. The number of amides is 3. The summed E-state index contributed by atoms with van der Waals surface area (Å²) in [4.78, 5) is 59.6. The number of hydrogen-bond donors (Lipinski definition) is 3. The van der Waals surface area contributed by atoms with E-state index in [1.807, 2.05) is 52.6 Å². The molecule has 0 spiro atoms. The van der Waals surface area contributed by atoms with Crippen LogP contribution in [-0.2, 0) is 20.9 Å². The Morgan fingerprint density at radius 3 is 2.54 bits per heavy atom. The van der Waals surface area contributed by atoms with E-state index < -0.39 is 17.7 Å². The average Bonchev–Trinajstić information content (AvgIpc) is 3.97. The van der Waals surface area contributed by atoms with Crippen molar-refractivity contribution in [1.82, 2.24) is 35.1 Å². The number of rotatable bonds is 6. The van der Waals surface area contributed by atoms with Crippen molar-refractivity contribution in [2.24, 2.45) is 11.8 Å². The van der Waals surface area contributed by atoms with Crippen molar-refractivity contribution < 1.29 is 28.6 Å². The molecule has 8 rings (SSSR count). The van der Waals surface area contributed by atoms with E-state index >= 15 is 0 Å². The Morgan fingerprint density at radius 2 is 1.79 bits per heavy atom. The number of ether oxygens (including phenoxy) is 3. The fraction of sp³-hybridized carbons (Fsp3) is 0.465. The van der Waals surface area contributed by atoms with Crippen LogP contribution >= 0.6 is 0 Å². The quantitative estimate of drug-likeness (QED) is 0.156. The molecule has 2 aromatic heterocycles. The summed E-state index contributed by atoms with van der Waals surface area (Å²) in [6, 6.07) is 13.6. The molecule has 294 valence electrons. The number of nitrogens with zero attached hydrogens (tertiary/aromatic N) is 4. The molecular weight excluding hydrogens is 711 g/mol. The second-order valence-corrected chi connectivity index (χ2v) is 17.0. The maximum Gasteiger partial charge on any atom is 0.410 e. The molecule has 0 aliphatic carbocycles. The van der Waals surface area contributed by atoms with Gasteiger partial charge in [-0.2, -0.15) is 0 Å². The summed E-state index contributed by atoms with van der Waals surface area (Å²) in [6.07, 6.45) is 3.29. The summed E-state index contributed by atoms with van der Waals surface area (Å²) in [5.41, 5.74) is 6.18. The smallest absolute Gasteiger partial charge is 0.410 e. The number of methoxy groups -OCH3 is 1. The number of H-pyrrole nitrogens is 2. The van der Waals surface area contributed by atoms with E-state index in [-0.39, 0.29) is 36.0 Å². The van der Waals surface area contributed by atoms with Crippen molar-refractivity contribution in [3.63, 3.8) is 0 Å². The van der Waals surface area contributed by atoms with E-state index in [1.54, 1.807) is 4.90 Å². The molecule has 0 bridgehead atoms. The van der Waals surface area contributed by atoms with E-state index in [0.717, 1.165) is 86.4 Å². The first-order chi connectivity index (χ1) is 26.7. The van der Waals surface area contributed by atoms with Crippen LogP contribution in [0.15, 0.2) is 48.7 Å². The lowest BCUT2D eigenvalue weighted by atomic mass is 9.92. The molecule has 2 saturated heterocycles. The van der Waals surface area contributed by atoms with Crippen molar-refractivity contribution in [2.45, 2.75) is 104 Å². The lowest BCUT2D eigenvalue weighted by Gasteiger charge is -2.32. The molecule has 3 aromatic carbocycles. The summed E-state index contributed by atoms with van der Waals surface area (Å²) < 4.78 is 17.0. The van der Waals surface area contributed by atoms with Gasteiger partial charge in [0.25, 0.3) is 0 Å². The summed E-state index contributed by atoms with van der Waals surface area (Å²) in [5.74, 6) is 2.34. The monoisotopic (exact) mass is 761 g/mol. The van der Waals surface area contributed by atoms with Gasteiger partial charge in [0, 0.05) is 23.5 Å². The normalized spacial score (nSPS) is 21.2. The number of fused-ring (bicyclic) bond motifs is 6. The first-order valence-corrected chi connectivity index (χ1v) is 19.6. The fourth-order valence-electron chi connectivity index (χ4n) is 8.59. The van der Waals surface area contributed by atoms with Crippen LogP contribution in [0.2, 0.25) is 0 Å². The minimum absolute atomic E-state index is 0.00407. The first-order valence-electron chi connectivity index (χ1n) is 19.6. The molecule has 13 nitrogen and oxygen atoms in total. The van der Waals surface area contributed by atoms with E-state index in [0.29, 0.717) is 19.1 Å². The highest BCUT2D eigenvalue weighted by Gasteiger charge is 2.42. The number of benzene rings is 3. The molecule has 0 radical (unpaired) electrons. The van der Waals surface area contributed by atoms with Crippen molar-refractivity contribution in [2.75, 3.05) is 13.7 Å². The number of imidazole rings is 2. The van der Waals surface area contributed by atoms with Crippen molar-refractivity contribution >= 4 is 39.9 Å². The summed E-state index contributed by atoms with van der Waals surface area (Å²) >= 11 is 0. The molecule has 3 aliphatic rings. The second-order valence-electron chi connectivity index (χ2n) is 17.0. The highest BCUT2D eigenvalue weighted by molar-refractivity contribution is 6.07. The third-order valence-electron chi connectivity index (χ3n) is 11.4. The van der Waals surface area contributed by atoms with Gasteiger partial charge in [-0.25, -0.2) is 19.6 Å². The fourth-order valence-corrected chi connectivity index (χ4v) is 8.59. The number of nitrogens with one attached hydrogen (secondary N) is 3. The molecule has 3 N–H and O–H groups in total. The van der Waals surface area contributed by atoms with Crippen LogP contribution < -0.4 is 10.1 Å². The number of alkyl carbamates (subject to hydrolysis) is 1. The average molecular weight is 762 g/mol. The standard InChI is InChI=1S/C43H51N7O6/c1-22(2)36(48-41(52)54-8)40(51)50-24(4)9-14-33(50)38-44-19-32(46-38)26-10-12-28-27(16-26)21-55-35-18-29-25(17-30(28)35)11-13-31-37(29)47-39(45-31)34-15-23(3)20-49(34)42(53)56-43(5,6)7/h10-13,16-19,22-24,33-34,36H,9,14-15,20-21H2,1-8H3,(H,44,46)(H,45,47)(H,48,52)/t23-,24-,33?,34-,36-/m0/s1. The van der Waals surface area contributed by atoms with Crippen LogP contribution in [0.4, 0.5) is 9.59 Å². The number of carbonyl (C=O) groups excluding carboxylic acids is 3. The van der Waals surface area contributed by atoms with Gasteiger partial charge in [-0.15, -0.1) is 0 Å². The van der Waals surface area contributed by atoms with Crippen LogP contribution in [-0.4, -0.2) is 79.2 Å². The number of likely N-dealkylation sites (tertiary alicyclic amines) is 2. The predicted molar refractivity (Wildman–Crippen MR) is 213 cm³/mol. The number of carbonyl (C=O) groups is 3. The third kappa shape index (κ3) is 6.81. The van der Waals surface area contributed by atoms with Gasteiger partial charge in [-0.3, -0.25) is 9.69 Å². The van der Waals surface area contributed by atoms with Crippen molar-refractivity contribution in [1.29, 1.82) is 0 Å². The molecule has 0 saturated carbocycles. The minimum Gasteiger partial charge on any atom is -0.488 e. The highest BCUT2D eigenvalue weighted by atomic mass is 16.6. The van der Waals surface area contributed by atoms with Gasteiger partial charge < -0.3 is 34.4 Å². The molecule has 1 unspecified atom stereocenters. The maximum absolute atomic E-state index is 13.8. The van der Waals surface area contributed by atoms with Gasteiger partial charge in [-0.1, -0.05) is 39.0 Å². The second kappa shape index (κ2) is 14.2. The largest absolute Gasteiger partial charge is 0.488 e. The molecule has 13 heteroatoms. The van der Waals surface area contributed by atoms with Gasteiger partial charge in [-0.05, 0) is 105 Å². The Morgan fingerprint density at radius 1 is 0.982 bits per heavy atom. The topological polar surface area (TPSA) is 155 Å². The summed E-state index contributed by atoms with van der Waals surface area (Å²) in [5, 5.41) is 4.76. The van der Waals surface area contributed by atoms with Crippen LogP contribution in [0.5, 0.6) is 5.75 Å². The number of hydrogen-bond acceptors (Lipinski definition) is 8. The van der Waals surface area contributed by atoms with Gasteiger partial charge >= 0.3 is 12.2 Å². The van der Waals surface area contributed by atoms with Crippen molar-refractivity contribution in [3.8, 4) is 28.1 Å². The summed E-state index contributed by atoms with van der Waals surface area (Å²) in [6.45, 7) is 14.7. The van der Waals surface area contributed by atoms with E-state index in [4.69, 9.17) is 24.2 Å². The Kier molecular flexibility index (Phi) is 9.45. The molecule has 3 amide bonds. The summed E-state index contributed by atoms with van der Waals surface area (Å²) in [7, 11) is 1.30. The van der Waals surface area contributed by atoms with Crippen LogP contribution in [0, 0.1) is 11.8 Å².